The van der Waals surface area contributed by atoms with E-state index in [1.165, 1.54) is 31.4 Å². The zero-order valence-electron chi connectivity index (χ0n) is 21.7. The monoisotopic (exact) mass is 578 g/mol. The Balaban J connectivity index is 1.49. The molecule has 1 saturated heterocycles. The first-order chi connectivity index (χ1) is 19.6. The number of nitro groups is 2. The normalized spacial score (nSPS) is 13.8. The minimum atomic E-state index is -0.804. The number of rotatable bonds is 10. The van der Waals surface area contributed by atoms with Crippen LogP contribution in [-0.4, -0.2) is 45.5 Å². The van der Waals surface area contributed by atoms with Gasteiger partial charge in [0.15, 0.2) is 11.5 Å². The van der Waals surface area contributed by atoms with Crippen molar-refractivity contribution < 1.29 is 33.7 Å². The lowest BCUT2D eigenvalue weighted by atomic mass is 10.1. The van der Waals surface area contributed by atoms with Crippen LogP contribution in [0.5, 0.6) is 17.2 Å². The average Bonchev–Trinajstić information content (AvgIpc) is 3.21. The number of anilines is 1. The fourth-order valence-corrected chi connectivity index (χ4v) is 4.62. The number of methoxy groups -OCH3 is 1. The molecule has 1 N–H and O–H groups in total. The summed E-state index contributed by atoms with van der Waals surface area (Å²) in [7, 11) is 1.33. The highest BCUT2D eigenvalue weighted by Gasteiger charge is 2.36. The lowest BCUT2D eigenvalue weighted by molar-refractivity contribution is -0.394. The average molecular weight is 579 g/mol. The number of imide groups is 1. The van der Waals surface area contributed by atoms with Crippen molar-refractivity contribution >= 4 is 52.0 Å². The van der Waals surface area contributed by atoms with E-state index in [1.807, 2.05) is 19.1 Å². The van der Waals surface area contributed by atoms with Crippen LogP contribution in [0.2, 0.25) is 0 Å². The maximum absolute atomic E-state index is 12.9. The number of hydrogen-bond donors (Lipinski definition) is 1. The van der Waals surface area contributed by atoms with Gasteiger partial charge in [-0.15, -0.1) is 0 Å². The predicted octanol–water partition coefficient (Wildman–Crippen LogP) is 5.54. The number of benzene rings is 3. The molecule has 0 unspecified atom stereocenters. The van der Waals surface area contributed by atoms with Crippen molar-refractivity contribution in [1.82, 2.24) is 4.90 Å². The molecule has 0 bridgehead atoms. The Morgan fingerprint density at radius 2 is 1.68 bits per heavy atom. The van der Waals surface area contributed by atoms with Gasteiger partial charge >= 0.3 is 5.69 Å². The highest BCUT2D eigenvalue weighted by molar-refractivity contribution is 8.18. The van der Waals surface area contributed by atoms with Crippen molar-refractivity contribution in [3.05, 3.63) is 96.9 Å². The number of nitrogens with one attached hydrogen (secondary N) is 1. The molecule has 1 aliphatic heterocycles. The van der Waals surface area contributed by atoms with E-state index >= 15 is 0 Å². The van der Waals surface area contributed by atoms with Gasteiger partial charge in [0.1, 0.15) is 6.54 Å². The number of amides is 3. The van der Waals surface area contributed by atoms with Gasteiger partial charge in [0.05, 0.1) is 27.9 Å². The first-order valence-corrected chi connectivity index (χ1v) is 12.8. The number of aryl methyl sites for hydroxylation is 1. The summed E-state index contributed by atoms with van der Waals surface area (Å²) in [4.78, 5) is 59.6. The predicted molar refractivity (Wildman–Crippen MR) is 150 cm³/mol. The molecule has 0 spiro atoms. The minimum Gasteiger partial charge on any atom is -0.493 e. The second kappa shape index (κ2) is 12.3. The number of thioether (sulfide) groups is 1. The molecule has 0 radical (unpaired) electrons. The number of nitro benzene ring substituents is 2. The van der Waals surface area contributed by atoms with Gasteiger partial charge in [0.2, 0.25) is 11.7 Å². The number of nitrogens with zero attached hydrogens (tertiary/aromatic N) is 3. The molecule has 1 fully saturated rings. The Labute approximate surface area is 237 Å². The summed E-state index contributed by atoms with van der Waals surface area (Å²) in [6.45, 7) is 1.55. The van der Waals surface area contributed by atoms with Crippen LogP contribution in [0.1, 0.15) is 18.1 Å². The second-order valence-corrected chi connectivity index (χ2v) is 9.54. The van der Waals surface area contributed by atoms with Crippen LogP contribution in [0, 0.1) is 20.2 Å². The minimum absolute atomic E-state index is 0.0679. The van der Waals surface area contributed by atoms with Gasteiger partial charge in [-0.3, -0.25) is 39.5 Å². The molecule has 13 nitrogen and oxygen atoms in total. The SMILES string of the molecule is CCc1ccc(NC(=O)CN2C(=O)S/C(=C/c3ccc(Oc4ccc([N+](=O)[O-])cc4[N+](=O)[O-])c(OC)c3)C2=O)cc1. The molecular formula is C27H22N4O9S. The smallest absolute Gasteiger partial charge is 0.318 e. The van der Waals surface area contributed by atoms with Crippen LogP contribution >= 0.6 is 11.8 Å². The Kier molecular flexibility index (Phi) is 8.63. The molecule has 4 rings (SSSR count). The quantitative estimate of drug-likeness (QED) is 0.183. The van der Waals surface area contributed by atoms with E-state index in [-0.39, 0.29) is 22.2 Å². The van der Waals surface area contributed by atoms with Crippen LogP contribution < -0.4 is 14.8 Å². The lowest BCUT2D eigenvalue weighted by Crippen LogP contribution is -2.36. The van der Waals surface area contributed by atoms with Crippen molar-refractivity contribution in [2.24, 2.45) is 0 Å². The molecule has 0 saturated carbocycles. The Hall–Kier alpha value is -5.24. The summed E-state index contributed by atoms with van der Waals surface area (Å²) in [5, 5.41) is 24.5. The van der Waals surface area contributed by atoms with Crippen molar-refractivity contribution in [3.63, 3.8) is 0 Å². The van der Waals surface area contributed by atoms with E-state index in [1.54, 1.807) is 12.1 Å². The third kappa shape index (κ3) is 6.67. The highest BCUT2D eigenvalue weighted by Crippen LogP contribution is 2.39. The standard InChI is InChI=1S/C27H22N4O9S/c1-3-16-4-7-18(8-5-16)28-25(32)15-29-26(33)24(41-27(29)34)13-17-6-10-22(23(12-17)39-2)40-21-11-9-19(30(35)36)14-20(21)31(37)38/h4-14H,3,15H2,1-2H3,(H,28,32)/b24-13+. The Morgan fingerprint density at radius 3 is 2.32 bits per heavy atom. The molecule has 3 aromatic carbocycles. The second-order valence-electron chi connectivity index (χ2n) is 8.55. The van der Waals surface area contributed by atoms with Gasteiger partial charge in [0.25, 0.3) is 16.8 Å². The molecule has 14 heteroatoms. The summed E-state index contributed by atoms with van der Waals surface area (Å²) in [5.41, 5.74) is 1.01. The topological polar surface area (TPSA) is 171 Å². The summed E-state index contributed by atoms with van der Waals surface area (Å²) in [6, 6.07) is 14.6. The van der Waals surface area contributed by atoms with E-state index in [0.717, 1.165) is 35.1 Å². The molecule has 1 aliphatic rings. The summed E-state index contributed by atoms with van der Waals surface area (Å²) in [5.74, 6) is -1.21. The first-order valence-electron chi connectivity index (χ1n) is 12.0. The van der Waals surface area contributed by atoms with E-state index in [9.17, 15) is 34.6 Å². The third-order valence-electron chi connectivity index (χ3n) is 5.88. The molecule has 0 aliphatic carbocycles. The van der Waals surface area contributed by atoms with Crippen LogP contribution in [0.15, 0.2) is 65.6 Å². The summed E-state index contributed by atoms with van der Waals surface area (Å²) < 4.78 is 10.9. The summed E-state index contributed by atoms with van der Waals surface area (Å²) in [6.07, 6.45) is 2.29. The van der Waals surface area contributed by atoms with Gasteiger partial charge in [-0.25, -0.2) is 0 Å². The molecule has 0 atom stereocenters. The third-order valence-corrected chi connectivity index (χ3v) is 6.78. The van der Waals surface area contributed by atoms with E-state index < -0.39 is 44.8 Å². The first kappa shape index (κ1) is 28.8. The zero-order chi connectivity index (χ0) is 29.7. The Bertz CT molecular complexity index is 1590. The number of carbonyl (C=O) groups excluding carboxylic acids is 3. The van der Waals surface area contributed by atoms with Gasteiger partial charge in [-0.05, 0) is 65.7 Å². The molecule has 41 heavy (non-hydrogen) atoms. The van der Waals surface area contributed by atoms with Crippen molar-refractivity contribution in [3.8, 4) is 17.2 Å². The van der Waals surface area contributed by atoms with Crippen LogP contribution in [-0.2, 0) is 16.0 Å². The van der Waals surface area contributed by atoms with Gasteiger partial charge in [-0.2, -0.15) is 0 Å². The Morgan fingerprint density at radius 1 is 0.976 bits per heavy atom. The van der Waals surface area contributed by atoms with Crippen LogP contribution in [0.4, 0.5) is 21.9 Å². The summed E-state index contributed by atoms with van der Waals surface area (Å²) >= 11 is 0.675. The maximum Gasteiger partial charge on any atom is 0.318 e. The molecular weight excluding hydrogens is 556 g/mol. The molecule has 3 aromatic rings. The highest BCUT2D eigenvalue weighted by atomic mass is 32.2. The lowest BCUT2D eigenvalue weighted by Gasteiger charge is -2.13. The van der Waals surface area contributed by atoms with E-state index in [2.05, 4.69) is 5.32 Å². The van der Waals surface area contributed by atoms with Gasteiger partial charge in [-0.1, -0.05) is 25.1 Å². The van der Waals surface area contributed by atoms with Crippen LogP contribution in [0.25, 0.3) is 6.08 Å². The van der Waals surface area contributed by atoms with E-state index in [4.69, 9.17) is 9.47 Å². The number of non-ortho nitro benzene ring substituents is 1. The number of hydrogen-bond acceptors (Lipinski definition) is 10. The van der Waals surface area contributed by atoms with Crippen molar-refractivity contribution in [2.75, 3.05) is 19.0 Å². The molecule has 210 valence electrons. The maximum atomic E-state index is 12.9. The largest absolute Gasteiger partial charge is 0.493 e. The van der Waals surface area contributed by atoms with Crippen LogP contribution in [0.3, 0.4) is 0 Å². The molecule has 3 amide bonds. The van der Waals surface area contributed by atoms with Gasteiger partial charge < -0.3 is 14.8 Å². The molecule has 0 aromatic heterocycles. The molecule has 1 heterocycles. The zero-order valence-corrected chi connectivity index (χ0v) is 22.5. The number of ether oxygens (including phenoxy) is 2. The van der Waals surface area contributed by atoms with Gasteiger partial charge in [0, 0.05) is 11.8 Å². The van der Waals surface area contributed by atoms with E-state index in [0.29, 0.717) is 23.0 Å². The fourth-order valence-electron chi connectivity index (χ4n) is 3.78. The van der Waals surface area contributed by atoms with Crippen molar-refractivity contribution in [1.29, 1.82) is 0 Å². The fraction of sp³-hybridized carbons (Fsp3) is 0.148. The number of carbonyl (C=O) groups is 3. The van der Waals surface area contributed by atoms with Crippen molar-refractivity contribution in [2.45, 2.75) is 13.3 Å².